The van der Waals surface area contributed by atoms with Crippen molar-refractivity contribution in [2.24, 2.45) is 0 Å². The number of nitrogens with zero attached hydrogens (tertiary/aromatic N) is 2. The molecule has 0 saturated carbocycles. The Kier molecular flexibility index (Phi) is 4.69. The lowest BCUT2D eigenvalue weighted by Gasteiger charge is -2.32. The van der Waals surface area contributed by atoms with Crippen molar-refractivity contribution in [1.29, 1.82) is 0 Å². The Bertz CT molecular complexity index is 889. The van der Waals surface area contributed by atoms with Crippen LogP contribution in [0.4, 0.5) is 0 Å². The van der Waals surface area contributed by atoms with Crippen molar-refractivity contribution in [3.63, 3.8) is 0 Å². The van der Waals surface area contributed by atoms with E-state index in [9.17, 15) is 0 Å². The van der Waals surface area contributed by atoms with Crippen molar-refractivity contribution in [3.05, 3.63) is 94.3 Å². The average molecular weight is 345 g/mol. The molecule has 1 aliphatic heterocycles. The number of hydrogen-bond acceptors (Lipinski definition) is 1. The predicted octanol–water partition coefficient (Wildman–Crippen LogP) is 5.41. The van der Waals surface area contributed by atoms with Crippen molar-refractivity contribution in [2.45, 2.75) is 46.3 Å². The second kappa shape index (κ2) is 7.13. The quantitative estimate of drug-likeness (QED) is 0.617. The number of fused-ring (bicyclic) bond motifs is 1. The molecule has 2 nitrogen and oxygen atoms in total. The third-order valence-electron chi connectivity index (χ3n) is 5.59. The Balaban J connectivity index is 1.77. The fourth-order valence-electron chi connectivity index (χ4n) is 4.15. The summed E-state index contributed by atoms with van der Waals surface area (Å²) >= 11 is 0. The van der Waals surface area contributed by atoms with Crippen LogP contribution in [0.5, 0.6) is 0 Å². The lowest BCUT2D eigenvalue weighted by Crippen LogP contribution is -2.30. The van der Waals surface area contributed by atoms with E-state index in [1.54, 1.807) is 0 Å². The highest BCUT2D eigenvalue weighted by Crippen LogP contribution is 2.35. The first-order valence-corrected chi connectivity index (χ1v) is 9.63. The molecule has 0 bridgehead atoms. The van der Waals surface area contributed by atoms with Crippen molar-refractivity contribution in [2.75, 3.05) is 6.54 Å². The second-order valence-corrected chi connectivity index (χ2v) is 7.70. The van der Waals surface area contributed by atoms with Crippen LogP contribution in [-0.2, 0) is 13.1 Å². The molecule has 0 N–H and O–H groups in total. The molecule has 0 aliphatic carbocycles. The van der Waals surface area contributed by atoms with Gasteiger partial charge in [0.25, 0.3) is 0 Å². The maximum Gasteiger partial charge on any atom is 0.0761 e. The number of aromatic nitrogens is 1. The third kappa shape index (κ3) is 3.34. The zero-order chi connectivity index (χ0) is 18.1. The summed E-state index contributed by atoms with van der Waals surface area (Å²) in [5, 5.41) is 0. The zero-order valence-electron chi connectivity index (χ0n) is 16.1. The minimum absolute atomic E-state index is 0.314. The van der Waals surface area contributed by atoms with Crippen molar-refractivity contribution >= 4 is 0 Å². The molecule has 4 rings (SSSR count). The molecule has 2 heteroatoms. The monoisotopic (exact) mass is 344 g/mol. The normalized spacial score (nSPS) is 17.7. The molecule has 26 heavy (non-hydrogen) atoms. The molecule has 1 aromatic heterocycles. The van der Waals surface area contributed by atoms with Gasteiger partial charge < -0.3 is 4.57 Å². The van der Waals surface area contributed by atoms with E-state index >= 15 is 0 Å². The van der Waals surface area contributed by atoms with Crippen molar-refractivity contribution in [1.82, 2.24) is 9.47 Å². The summed E-state index contributed by atoms with van der Waals surface area (Å²) in [5.41, 5.74) is 8.30. The number of hydrogen-bond donors (Lipinski definition) is 0. The Hall–Kier alpha value is -2.32. The van der Waals surface area contributed by atoms with E-state index in [4.69, 9.17) is 0 Å². The van der Waals surface area contributed by atoms with Crippen LogP contribution >= 0.6 is 0 Å². The summed E-state index contributed by atoms with van der Waals surface area (Å²) in [6, 6.07) is 20.7. The van der Waals surface area contributed by atoms with E-state index in [1.165, 1.54) is 39.9 Å². The standard InChI is InChI=1S/C24H28N2/c1-18-8-11-21(12-9-18)17-26-15-5-14-25-13-4-6-23(25)24(26)22-16-19(2)7-10-20(22)3/h4,6-13,16,24H,5,14-15,17H2,1-3H3. The molecule has 1 aliphatic rings. The van der Waals surface area contributed by atoms with Crippen LogP contribution in [0.25, 0.3) is 0 Å². The predicted molar refractivity (Wildman–Crippen MR) is 108 cm³/mol. The maximum atomic E-state index is 2.66. The molecule has 0 radical (unpaired) electrons. The SMILES string of the molecule is Cc1ccc(CN2CCCn3cccc3C2c2cc(C)ccc2C)cc1. The lowest BCUT2D eigenvalue weighted by atomic mass is 9.95. The van der Waals surface area contributed by atoms with Gasteiger partial charge in [-0.25, -0.2) is 0 Å². The van der Waals surface area contributed by atoms with Gasteiger partial charge in [0.1, 0.15) is 0 Å². The summed E-state index contributed by atoms with van der Waals surface area (Å²) in [7, 11) is 0. The molecule has 2 aromatic carbocycles. The van der Waals surface area contributed by atoms with E-state index in [0.29, 0.717) is 6.04 Å². The van der Waals surface area contributed by atoms with Crippen molar-refractivity contribution in [3.8, 4) is 0 Å². The molecule has 1 unspecified atom stereocenters. The first kappa shape index (κ1) is 17.1. The van der Waals surface area contributed by atoms with Gasteiger partial charge in [0.15, 0.2) is 0 Å². The van der Waals surface area contributed by atoms with E-state index in [1.807, 2.05) is 0 Å². The van der Waals surface area contributed by atoms with Gasteiger partial charge in [0.2, 0.25) is 0 Å². The second-order valence-electron chi connectivity index (χ2n) is 7.70. The average Bonchev–Trinajstić information content (AvgIpc) is 3.01. The molecule has 2 heterocycles. The molecule has 0 amide bonds. The molecule has 0 saturated heterocycles. The molecule has 1 atom stereocenters. The topological polar surface area (TPSA) is 8.17 Å². The van der Waals surface area contributed by atoms with Gasteiger partial charge in [-0.05, 0) is 56.0 Å². The number of benzene rings is 2. The summed E-state index contributed by atoms with van der Waals surface area (Å²) in [4.78, 5) is 2.66. The number of aryl methyl sites for hydroxylation is 4. The van der Waals surface area contributed by atoms with E-state index in [-0.39, 0.29) is 0 Å². The summed E-state index contributed by atoms with van der Waals surface area (Å²) in [6.45, 7) is 9.81. The summed E-state index contributed by atoms with van der Waals surface area (Å²) in [6.07, 6.45) is 3.43. The highest BCUT2D eigenvalue weighted by atomic mass is 15.2. The van der Waals surface area contributed by atoms with Crippen LogP contribution in [0.2, 0.25) is 0 Å². The van der Waals surface area contributed by atoms with Crippen molar-refractivity contribution < 1.29 is 0 Å². The minimum Gasteiger partial charge on any atom is -0.350 e. The van der Waals surface area contributed by atoms with Crippen LogP contribution in [-0.4, -0.2) is 16.0 Å². The maximum absolute atomic E-state index is 2.66. The van der Waals surface area contributed by atoms with Gasteiger partial charge >= 0.3 is 0 Å². The Morgan fingerprint density at radius 2 is 1.65 bits per heavy atom. The van der Waals surface area contributed by atoms with Gasteiger partial charge in [-0.1, -0.05) is 53.6 Å². The Morgan fingerprint density at radius 1 is 0.885 bits per heavy atom. The smallest absolute Gasteiger partial charge is 0.0761 e. The molecule has 0 fully saturated rings. The van der Waals surface area contributed by atoms with Crippen LogP contribution in [0.15, 0.2) is 60.8 Å². The Labute approximate surface area is 157 Å². The lowest BCUT2D eigenvalue weighted by molar-refractivity contribution is 0.220. The summed E-state index contributed by atoms with van der Waals surface area (Å²) in [5.74, 6) is 0. The first-order chi connectivity index (χ1) is 12.6. The highest BCUT2D eigenvalue weighted by Gasteiger charge is 2.28. The van der Waals surface area contributed by atoms with Gasteiger partial charge in [0, 0.05) is 31.5 Å². The van der Waals surface area contributed by atoms with Crippen LogP contribution in [0.1, 0.15) is 46.0 Å². The van der Waals surface area contributed by atoms with Crippen LogP contribution in [0, 0.1) is 20.8 Å². The van der Waals surface area contributed by atoms with Crippen LogP contribution in [0.3, 0.4) is 0 Å². The minimum atomic E-state index is 0.314. The third-order valence-corrected chi connectivity index (χ3v) is 5.59. The fourth-order valence-corrected chi connectivity index (χ4v) is 4.15. The molecular weight excluding hydrogens is 316 g/mol. The fraction of sp³-hybridized carbons (Fsp3) is 0.333. The molecule has 3 aromatic rings. The van der Waals surface area contributed by atoms with Gasteiger partial charge in [0.05, 0.1) is 6.04 Å². The van der Waals surface area contributed by atoms with E-state index in [0.717, 1.165) is 19.6 Å². The molecular formula is C24H28N2. The summed E-state index contributed by atoms with van der Waals surface area (Å²) < 4.78 is 2.45. The molecule has 134 valence electrons. The van der Waals surface area contributed by atoms with E-state index < -0.39 is 0 Å². The largest absolute Gasteiger partial charge is 0.350 e. The Morgan fingerprint density at radius 3 is 2.46 bits per heavy atom. The van der Waals surface area contributed by atoms with Gasteiger partial charge in [-0.15, -0.1) is 0 Å². The molecule has 0 spiro atoms. The highest BCUT2D eigenvalue weighted by molar-refractivity contribution is 5.38. The van der Waals surface area contributed by atoms with Gasteiger partial charge in [-0.3, -0.25) is 4.90 Å². The zero-order valence-corrected chi connectivity index (χ0v) is 16.1. The first-order valence-electron chi connectivity index (χ1n) is 9.63. The van der Waals surface area contributed by atoms with Crippen LogP contribution < -0.4 is 0 Å². The van der Waals surface area contributed by atoms with E-state index in [2.05, 4.69) is 91.0 Å². The number of rotatable bonds is 3. The van der Waals surface area contributed by atoms with Gasteiger partial charge in [-0.2, -0.15) is 0 Å².